The summed E-state index contributed by atoms with van der Waals surface area (Å²) in [5.74, 6) is 0.469. The summed E-state index contributed by atoms with van der Waals surface area (Å²) in [6.45, 7) is 0. The zero-order valence-electron chi connectivity index (χ0n) is 16.6. The van der Waals surface area contributed by atoms with E-state index in [4.69, 9.17) is 4.74 Å². The fourth-order valence-corrected chi connectivity index (χ4v) is 2.81. The average molecular weight is 405 g/mol. The molecule has 3 aromatic rings. The second-order valence-corrected chi connectivity index (χ2v) is 6.43. The summed E-state index contributed by atoms with van der Waals surface area (Å²) in [6, 6.07) is 15.2. The van der Waals surface area contributed by atoms with Crippen LogP contribution in [-0.4, -0.2) is 22.2 Å². The summed E-state index contributed by atoms with van der Waals surface area (Å²) in [6.07, 6.45) is 0. The number of hydrogen-bond donors (Lipinski definition) is 2. The van der Waals surface area contributed by atoms with Crippen molar-refractivity contribution in [3.63, 3.8) is 0 Å². The lowest BCUT2D eigenvalue weighted by Crippen LogP contribution is -2.39. The molecule has 0 aliphatic carbocycles. The van der Waals surface area contributed by atoms with Crippen molar-refractivity contribution < 1.29 is 9.53 Å². The maximum Gasteiger partial charge on any atom is 0.332 e. The molecule has 2 N–H and O–H groups in total. The molecule has 0 saturated carbocycles. The van der Waals surface area contributed by atoms with Crippen molar-refractivity contribution in [2.75, 3.05) is 17.7 Å². The van der Waals surface area contributed by atoms with Gasteiger partial charge in [-0.1, -0.05) is 0 Å². The van der Waals surface area contributed by atoms with Crippen LogP contribution >= 0.6 is 0 Å². The topological polar surface area (TPSA) is 118 Å². The van der Waals surface area contributed by atoms with Crippen molar-refractivity contribution in [3.05, 3.63) is 80.5 Å². The fraction of sp³-hybridized carbons (Fsp3) is 0.143. The van der Waals surface area contributed by atoms with Crippen LogP contribution < -0.4 is 26.6 Å². The number of rotatable bonds is 5. The Morgan fingerprint density at radius 2 is 1.57 bits per heavy atom. The first-order valence-corrected chi connectivity index (χ1v) is 8.88. The number of methoxy groups -OCH3 is 1. The zero-order chi connectivity index (χ0) is 21.8. The van der Waals surface area contributed by atoms with Gasteiger partial charge in [0.05, 0.1) is 7.11 Å². The molecule has 0 aliphatic rings. The standard InChI is InChI=1S/C21H19N5O4/c1-25-18(17(12-22)20(28)26(2)21(25)29)23-14-6-4-13(5-7-14)19(27)24-15-8-10-16(30-3)11-9-15/h4-11,23H,1-3H3,(H,24,27). The molecule has 30 heavy (non-hydrogen) atoms. The number of carbonyl (C=O) groups excluding carboxylic acids is 1. The lowest BCUT2D eigenvalue weighted by Gasteiger charge is -2.14. The molecule has 3 rings (SSSR count). The minimum Gasteiger partial charge on any atom is -0.497 e. The van der Waals surface area contributed by atoms with E-state index in [1.807, 2.05) is 6.07 Å². The number of nitriles is 1. The lowest BCUT2D eigenvalue weighted by atomic mass is 10.2. The van der Waals surface area contributed by atoms with E-state index < -0.39 is 11.2 Å². The summed E-state index contributed by atoms with van der Waals surface area (Å²) in [7, 11) is 4.33. The highest BCUT2D eigenvalue weighted by Gasteiger charge is 2.16. The second kappa shape index (κ2) is 8.36. The summed E-state index contributed by atoms with van der Waals surface area (Å²) in [4.78, 5) is 36.7. The van der Waals surface area contributed by atoms with E-state index in [1.54, 1.807) is 55.6 Å². The quantitative estimate of drug-likeness (QED) is 0.670. The number of benzene rings is 2. The molecule has 0 spiro atoms. The summed E-state index contributed by atoms with van der Waals surface area (Å²) < 4.78 is 7.14. The largest absolute Gasteiger partial charge is 0.497 e. The normalized spacial score (nSPS) is 10.2. The number of amides is 1. The number of aromatic nitrogens is 2. The van der Waals surface area contributed by atoms with Crippen molar-refractivity contribution >= 4 is 23.1 Å². The van der Waals surface area contributed by atoms with Crippen LogP contribution in [0.3, 0.4) is 0 Å². The highest BCUT2D eigenvalue weighted by Crippen LogP contribution is 2.19. The van der Waals surface area contributed by atoms with E-state index in [0.717, 1.165) is 4.57 Å². The Bertz CT molecular complexity index is 1250. The molecule has 2 aromatic carbocycles. The third kappa shape index (κ3) is 3.93. The van der Waals surface area contributed by atoms with Crippen molar-refractivity contribution in [3.8, 4) is 11.8 Å². The van der Waals surface area contributed by atoms with Crippen LogP contribution in [0.2, 0.25) is 0 Å². The Morgan fingerprint density at radius 1 is 0.967 bits per heavy atom. The van der Waals surface area contributed by atoms with Crippen LogP contribution in [0.5, 0.6) is 5.75 Å². The molecule has 0 aliphatic heterocycles. The van der Waals surface area contributed by atoms with Gasteiger partial charge in [-0.3, -0.25) is 18.7 Å². The molecule has 9 nitrogen and oxygen atoms in total. The summed E-state index contributed by atoms with van der Waals surface area (Å²) >= 11 is 0. The third-order valence-corrected chi connectivity index (χ3v) is 4.53. The Kier molecular flexibility index (Phi) is 5.69. The van der Waals surface area contributed by atoms with E-state index in [1.165, 1.54) is 18.7 Å². The number of ether oxygens (including phenoxy) is 1. The van der Waals surface area contributed by atoms with Crippen molar-refractivity contribution in [2.45, 2.75) is 0 Å². The number of anilines is 3. The van der Waals surface area contributed by atoms with Gasteiger partial charge in [0.25, 0.3) is 11.5 Å². The third-order valence-electron chi connectivity index (χ3n) is 4.53. The van der Waals surface area contributed by atoms with Crippen LogP contribution in [-0.2, 0) is 14.1 Å². The molecule has 1 aromatic heterocycles. The van der Waals surface area contributed by atoms with E-state index in [2.05, 4.69) is 10.6 Å². The maximum atomic E-state index is 12.4. The molecule has 1 amide bonds. The zero-order valence-corrected chi connectivity index (χ0v) is 16.6. The average Bonchev–Trinajstić information content (AvgIpc) is 2.77. The summed E-state index contributed by atoms with van der Waals surface area (Å²) in [5.41, 5.74) is 0.124. The number of nitrogens with zero attached hydrogens (tertiary/aromatic N) is 3. The van der Waals surface area contributed by atoms with Crippen molar-refractivity contribution in [1.29, 1.82) is 5.26 Å². The van der Waals surface area contributed by atoms with E-state index >= 15 is 0 Å². The molecule has 0 radical (unpaired) electrons. The van der Waals surface area contributed by atoms with Crippen LogP contribution in [0.1, 0.15) is 15.9 Å². The minimum absolute atomic E-state index is 0.0843. The monoisotopic (exact) mass is 405 g/mol. The Labute approximate surface area is 171 Å². The van der Waals surface area contributed by atoms with E-state index in [-0.39, 0.29) is 17.3 Å². The maximum absolute atomic E-state index is 12.4. The predicted molar refractivity (Wildman–Crippen MR) is 112 cm³/mol. The lowest BCUT2D eigenvalue weighted by molar-refractivity contribution is 0.102. The number of nitrogens with one attached hydrogen (secondary N) is 2. The second-order valence-electron chi connectivity index (χ2n) is 6.43. The number of hydrogen-bond acceptors (Lipinski definition) is 6. The van der Waals surface area contributed by atoms with Gasteiger partial charge < -0.3 is 15.4 Å². The first kappa shape index (κ1) is 20.4. The molecule has 152 valence electrons. The van der Waals surface area contributed by atoms with Crippen molar-refractivity contribution in [2.24, 2.45) is 14.1 Å². The molecule has 0 unspecified atom stereocenters. The Hall–Kier alpha value is -4.32. The van der Waals surface area contributed by atoms with Gasteiger partial charge in [-0.05, 0) is 48.5 Å². The first-order valence-electron chi connectivity index (χ1n) is 8.88. The Morgan fingerprint density at radius 3 is 2.13 bits per heavy atom. The van der Waals surface area contributed by atoms with Gasteiger partial charge in [-0.25, -0.2) is 4.79 Å². The molecular weight excluding hydrogens is 386 g/mol. The van der Waals surface area contributed by atoms with Gasteiger partial charge in [-0.2, -0.15) is 5.26 Å². The van der Waals surface area contributed by atoms with Crippen LogP contribution in [0.15, 0.2) is 58.1 Å². The molecular formula is C21H19N5O4. The van der Waals surface area contributed by atoms with Gasteiger partial charge in [0, 0.05) is 31.0 Å². The smallest absolute Gasteiger partial charge is 0.332 e. The van der Waals surface area contributed by atoms with Crippen LogP contribution in [0.4, 0.5) is 17.2 Å². The van der Waals surface area contributed by atoms with Gasteiger partial charge in [0.2, 0.25) is 0 Å². The summed E-state index contributed by atoms with van der Waals surface area (Å²) in [5, 5.41) is 15.0. The molecule has 0 saturated heterocycles. The highest BCUT2D eigenvalue weighted by atomic mass is 16.5. The molecule has 0 bridgehead atoms. The van der Waals surface area contributed by atoms with Crippen molar-refractivity contribution in [1.82, 2.24) is 9.13 Å². The first-order chi connectivity index (χ1) is 14.3. The van der Waals surface area contributed by atoms with Gasteiger partial charge >= 0.3 is 5.69 Å². The minimum atomic E-state index is -0.682. The number of carbonyl (C=O) groups is 1. The SMILES string of the molecule is COc1ccc(NC(=O)c2ccc(Nc3c(C#N)c(=O)n(C)c(=O)n3C)cc2)cc1. The van der Waals surface area contributed by atoms with E-state index in [9.17, 15) is 19.6 Å². The van der Waals surface area contributed by atoms with Crippen LogP contribution in [0, 0.1) is 11.3 Å². The predicted octanol–water partition coefficient (Wildman–Crippen LogP) is 1.96. The Balaban J connectivity index is 1.81. The van der Waals surface area contributed by atoms with Gasteiger partial charge in [0.15, 0.2) is 5.56 Å². The van der Waals surface area contributed by atoms with Crippen LogP contribution in [0.25, 0.3) is 0 Å². The van der Waals surface area contributed by atoms with Gasteiger partial charge in [0.1, 0.15) is 17.6 Å². The van der Waals surface area contributed by atoms with E-state index in [0.29, 0.717) is 22.7 Å². The molecule has 1 heterocycles. The molecule has 9 heteroatoms. The molecule has 0 fully saturated rings. The highest BCUT2D eigenvalue weighted by molar-refractivity contribution is 6.04. The fourth-order valence-electron chi connectivity index (χ4n) is 2.81. The molecule has 0 atom stereocenters. The van der Waals surface area contributed by atoms with Gasteiger partial charge in [-0.15, -0.1) is 0 Å².